The van der Waals surface area contributed by atoms with Gasteiger partial charge in [-0.1, -0.05) is 29.8 Å². The molecule has 1 aromatic heterocycles. The molecule has 0 saturated heterocycles. The van der Waals surface area contributed by atoms with Crippen LogP contribution in [-0.2, 0) is 22.9 Å². The van der Waals surface area contributed by atoms with Gasteiger partial charge in [-0.25, -0.2) is 22.8 Å². The Morgan fingerprint density at radius 3 is 2.35 bits per heavy atom. The van der Waals surface area contributed by atoms with E-state index >= 15 is 0 Å². The second-order valence-electron chi connectivity index (χ2n) is 8.52. The first-order valence-corrected chi connectivity index (χ1v) is 13.0. The van der Waals surface area contributed by atoms with Gasteiger partial charge < -0.3 is 11.1 Å². The van der Waals surface area contributed by atoms with E-state index in [2.05, 4.69) is 20.0 Å². The molecule has 0 atom stereocenters. The zero-order valence-electron chi connectivity index (χ0n) is 18.5. The SMILES string of the molecule is NC1CCC(Nc2ncc(CCc3ccc(NS(=O)(=O)c4ccccc4Cl)c(F)c3)cn2)CC1. The zero-order valence-corrected chi connectivity index (χ0v) is 20.1. The molecule has 1 heterocycles. The molecule has 1 aliphatic carbocycles. The largest absolute Gasteiger partial charge is 0.351 e. The number of aryl methyl sites for hydroxylation is 2. The van der Waals surface area contributed by atoms with Crippen LogP contribution in [0.3, 0.4) is 0 Å². The lowest BCUT2D eigenvalue weighted by molar-refractivity contribution is 0.410. The number of nitrogens with one attached hydrogen (secondary N) is 2. The summed E-state index contributed by atoms with van der Waals surface area (Å²) < 4.78 is 42.0. The molecule has 4 rings (SSSR count). The van der Waals surface area contributed by atoms with Crippen LogP contribution in [0.2, 0.25) is 5.02 Å². The van der Waals surface area contributed by atoms with E-state index in [0.717, 1.165) is 36.8 Å². The third-order valence-corrected chi connectivity index (χ3v) is 7.78. The maximum absolute atomic E-state index is 14.6. The highest BCUT2D eigenvalue weighted by Crippen LogP contribution is 2.25. The first kappa shape index (κ1) is 24.4. The minimum Gasteiger partial charge on any atom is -0.351 e. The molecular formula is C24H27ClFN5O2S. The van der Waals surface area contributed by atoms with Crippen molar-refractivity contribution >= 4 is 33.3 Å². The fraction of sp³-hybridized carbons (Fsp3) is 0.333. The average molecular weight is 504 g/mol. The van der Waals surface area contributed by atoms with Crippen molar-refractivity contribution in [3.05, 3.63) is 76.8 Å². The van der Waals surface area contributed by atoms with Crippen molar-refractivity contribution in [2.75, 3.05) is 10.0 Å². The van der Waals surface area contributed by atoms with E-state index in [9.17, 15) is 12.8 Å². The number of nitrogens with zero attached hydrogens (tertiary/aromatic N) is 2. The summed E-state index contributed by atoms with van der Waals surface area (Å²) in [5.41, 5.74) is 7.48. The van der Waals surface area contributed by atoms with Crippen molar-refractivity contribution < 1.29 is 12.8 Å². The van der Waals surface area contributed by atoms with Crippen molar-refractivity contribution in [2.45, 2.75) is 55.5 Å². The van der Waals surface area contributed by atoms with Crippen LogP contribution in [0.4, 0.5) is 16.0 Å². The van der Waals surface area contributed by atoms with E-state index < -0.39 is 15.8 Å². The van der Waals surface area contributed by atoms with E-state index in [1.807, 2.05) is 0 Å². The lowest BCUT2D eigenvalue weighted by Crippen LogP contribution is -2.33. The van der Waals surface area contributed by atoms with E-state index in [1.54, 1.807) is 30.6 Å². The lowest BCUT2D eigenvalue weighted by Gasteiger charge is -2.26. The minimum absolute atomic E-state index is 0.0680. The minimum atomic E-state index is -4.00. The number of aromatic nitrogens is 2. The monoisotopic (exact) mass is 503 g/mol. The summed E-state index contributed by atoms with van der Waals surface area (Å²) in [6.45, 7) is 0. The van der Waals surface area contributed by atoms with Crippen molar-refractivity contribution in [3.63, 3.8) is 0 Å². The molecule has 7 nitrogen and oxygen atoms in total. The Labute approximate surface area is 204 Å². The summed E-state index contributed by atoms with van der Waals surface area (Å²) in [6.07, 6.45) is 8.77. The van der Waals surface area contributed by atoms with E-state index in [4.69, 9.17) is 17.3 Å². The molecule has 0 aliphatic heterocycles. The highest BCUT2D eigenvalue weighted by atomic mass is 35.5. The van der Waals surface area contributed by atoms with Gasteiger partial charge >= 0.3 is 0 Å². The van der Waals surface area contributed by atoms with Gasteiger partial charge in [0.25, 0.3) is 10.0 Å². The van der Waals surface area contributed by atoms with E-state index in [0.29, 0.717) is 30.9 Å². The highest BCUT2D eigenvalue weighted by Gasteiger charge is 2.20. The maximum Gasteiger partial charge on any atom is 0.263 e. The third kappa shape index (κ3) is 6.22. The standard InChI is InChI=1S/C24H27ClFN5O2S/c25-20-3-1-2-4-23(20)34(32,33)31-22-12-7-16(13-21(22)26)5-6-17-14-28-24(29-15-17)30-19-10-8-18(27)9-11-19/h1-4,7,12-15,18-19,31H,5-6,8-11,27H2,(H,28,29,30). The molecule has 34 heavy (non-hydrogen) atoms. The molecule has 0 amide bonds. The predicted octanol–water partition coefficient (Wildman–Crippen LogP) is 4.54. The fourth-order valence-corrected chi connectivity index (χ4v) is 5.54. The van der Waals surface area contributed by atoms with Crippen LogP contribution in [0.25, 0.3) is 0 Å². The molecule has 0 unspecified atom stereocenters. The first-order chi connectivity index (χ1) is 16.3. The topological polar surface area (TPSA) is 110 Å². The quantitative estimate of drug-likeness (QED) is 0.416. The van der Waals surface area contributed by atoms with Gasteiger partial charge in [-0.2, -0.15) is 0 Å². The van der Waals surface area contributed by atoms with Crippen molar-refractivity contribution in [2.24, 2.45) is 5.73 Å². The summed E-state index contributed by atoms with van der Waals surface area (Å²) in [4.78, 5) is 8.69. The van der Waals surface area contributed by atoms with Gasteiger partial charge in [0.05, 0.1) is 10.7 Å². The van der Waals surface area contributed by atoms with Gasteiger partial charge in [-0.15, -0.1) is 0 Å². The van der Waals surface area contributed by atoms with Crippen LogP contribution in [0.5, 0.6) is 0 Å². The van der Waals surface area contributed by atoms with E-state index in [-0.39, 0.29) is 15.6 Å². The molecule has 1 saturated carbocycles. The molecule has 4 N–H and O–H groups in total. The predicted molar refractivity (Wildman–Crippen MR) is 132 cm³/mol. The molecule has 0 spiro atoms. The van der Waals surface area contributed by atoms with Gasteiger partial charge in [0.1, 0.15) is 10.7 Å². The molecule has 0 bridgehead atoms. The Balaban J connectivity index is 1.33. The number of benzene rings is 2. The molecule has 180 valence electrons. The van der Waals surface area contributed by atoms with Gasteiger partial charge in [-0.05, 0) is 73.9 Å². The second-order valence-corrected chi connectivity index (χ2v) is 10.6. The number of sulfonamides is 1. The third-order valence-electron chi connectivity index (χ3n) is 5.92. The normalized spacial score (nSPS) is 18.4. The first-order valence-electron chi connectivity index (χ1n) is 11.2. The number of anilines is 2. The van der Waals surface area contributed by atoms with Crippen molar-refractivity contribution in [1.82, 2.24) is 9.97 Å². The van der Waals surface area contributed by atoms with Crippen LogP contribution < -0.4 is 15.8 Å². The number of halogens is 2. The van der Waals surface area contributed by atoms with Crippen molar-refractivity contribution in [3.8, 4) is 0 Å². The maximum atomic E-state index is 14.6. The number of rotatable bonds is 8. The summed E-state index contributed by atoms with van der Waals surface area (Å²) in [6, 6.07) is 11.1. The number of hydrogen-bond acceptors (Lipinski definition) is 6. The zero-order chi connectivity index (χ0) is 24.1. The second kappa shape index (κ2) is 10.7. The number of hydrogen-bond donors (Lipinski definition) is 3. The number of nitrogens with two attached hydrogens (primary N) is 1. The van der Waals surface area contributed by atoms with Crippen LogP contribution in [-0.4, -0.2) is 30.5 Å². The molecular weight excluding hydrogens is 477 g/mol. The van der Waals surface area contributed by atoms with E-state index in [1.165, 1.54) is 24.3 Å². The molecule has 10 heteroatoms. The summed E-state index contributed by atoms with van der Waals surface area (Å²) >= 11 is 5.97. The van der Waals surface area contributed by atoms with Gasteiger partial charge in [0.15, 0.2) is 0 Å². The fourth-order valence-electron chi connectivity index (χ4n) is 3.95. The summed E-state index contributed by atoms with van der Waals surface area (Å²) in [7, 11) is -4.00. The molecule has 1 aliphatic rings. The van der Waals surface area contributed by atoms with Crippen molar-refractivity contribution in [1.29, 1.82) is 0 Å². The lowest BCUT2D eigenvalue weighted by atomic mass is 9.92. The van der Waals surface area contributed by atoms with Gasteiger partial charge in [0.2, 0.25) is 5.95 Å². The summed E-state index contributed by atoms with van der Waals surface area (Å²) in [5, 5.41) is 3.43. The Hall–Kier alpha value is -2.75. The molecule has 0 radical (unpaired) electrons. The van der Waals surface area contributed by atoms with Gasteiger partial charge in [0, 0.05) is 24.5 Å². The molecule has 3 aromatic rings. The Morgan fingerprint density at radius 1 is 1.00 bits per heavy atom. The van der Waals surface area contributed by atoms with Crippen LogP contribution in [0, 0.1) is 5.82 Å². The smallest absolute Gasteiger partial charge is 0.263 e. The summed E-state index contributed by atoms with van der Waals surface area (Å²) in [5.74, 6) is -0.0541. The van der Waals surface area contributed by atoms with Crippen LogP contribution >= 0.6 is 11.6 Å². The average Bonchev–Trinajstić information content (AvgIpc) is 2.82. The molecule has 1 fully saturated rings. The highest BCUT2D eigenvalue weighted by molar-refractivity contribution is 7.92. The molecule has 2 aromatic carbocycles. The van der Waals surface area contributed by atoms with Crippen LogP contribution in [0.15, 0.2) is 59.8 Å². The van der Waals surface area contributed by atoms with Crippen LogP contribution in [0.1, 0.15) is 36.8 Å². The Bertz CT molecular complexity index is 1230. The Morgan fingerprint density at radius 2 is 1.68 bits per heavy atom. The Kier molecular flexibility index (Phi) is 7.65. The van der Waals surface area contributed by atoms with Gasteiger partial charge in [-0.3, -0.25) is 4.72 Å².